The molecule has 162 valence electrons. The molecule has 3 heterocycles. The molecule has 1 unspecified atom stereocenters. The van der Waals surface area contributed by atoms with Gasteiger partial charge in [-0.1, -0.05) is 24.4 Å². The van der Waals surface area contributed by atoms with Gasteiger partial charge in [0.15, 0.2) is 5.82 Å². The van der Waals surface area contributed by atoms with E-state index in [1.54, 1.807) is 0 Å². The standard InChI is InChI=1S/C22H35N3O4/c26-22(18-6-2-1-3-7-18)25-12-5-4-8-19(25)21-23-20(24-29-21)11-15-28-16-17-9-13-27-14-10-17/h17-19H,1-16H2. The number of aromatic nitrogens is 2. The lowest BCUT2D eigenvalue weighted by molar-refractivity contribution is -0.141. The van der Waals surface area contributed by atoms with Crippen molar-refractivity contribution < 1.29 is 18.8 Å². The summed E-state index contributed by atoms with van der Waals surface area (Å²) in [6, 6.07) is -0.0532. The second kappa shape index (κ2) is 10.5. The molecule has 7 heteroatoms. The number of carbonyl (C=O) groups is 1. The molecule has 0 aromatic carbocycles. The van der Waals surface area contributed by atoms with Crippen LogP contribution in [0.3, 0.4) is 0 Å². The number of piperidine rings is 1. The Morgan fingerprint density at radius 3 is 2.66 bits per heavy atom. The number of likely N-dealkylation sites (tertiary alicyclic amines) is 1. The van der Waals surface area contributed by atoms with Crippen LogP contribution in [0.4, 0.5) is 0 Å². The average Bonchev–Trinajstić information content (AvgIpc) is 3.26. The Morgan fingerprint density at radius 2 is 1.83 bits per heavy atom. The van der Waals surface area contributed by atoms with E-state index >= 15 is 0 Å². The topological polar surface area (TPSA) is 77.7 Å². The molecule has 4 rings (SSSR count). The van der Waals surface area contributed by atoms with E-state index in [2.05, 4.69) is 10.1 Å². The third-order valence-corrected chi connectivity index (χ3v) is 6.67. The number of nitrogens with zero attached hydrogens (tertiary/aromatic N) is 3. The van der Waals surface area contributed by atoms with Crippen LogP contribution in [0.2, 0.25) is 0 Å². The minimum absolute atomic E-state index is 0.0532. The first kappa shape index (κ1) is 20.8. The van der Waals surface area contributed by atoms with Crippen LogP contribution in [0.25, 0.3) is 0 Å². The molecule has 3 fully saturated rings. The van der Waals surface area contributed by atoms with Gasteiger partial charge in [-0.3, -0.25) is 4.79 Å². The summed E-state index contributed by atoms with van der Waals surface area (Å²) in [5.74, 6) is 2.38. The van der Waals surface area contributed by atoms with Crippen LogP contribution in [-0.4, -0.2) is 53.9 Å². The molecular formula is C22H35N3O4. The number of amides is 1. The molecule has 1 atom stereocenters. The van der Waals surface area contributed by atoms with E-state index in [-0.39, 0.29) is 12.0 Å². The minimum atomic E-state index is -0.0532. The quantitative estimate of drug-likeness (QED) is 0.644. The summed E-state index contributed by atoms with van der Waals surface area (Å²) >= 11 is 0. The van der Waals surface area contributed by atoms with Gasteiger partial charge < -0.3 is 18.9 Å². The van der Waals surface area contributed by atoms with Crippen LogP contribution in [-0.2, 0) is 20.7 Å². The van der Waals surface area contributed by atoms with Gasteiger partial charge >= 0.3 is 0 Å². The fourth-order valence-corrected chi connectivity index (χ4v) is 4.87. The number of ether oxygens (including phenoxy) is 2. The molecule has 3 aliphatic rings. The summed E-state index contributed by atoms with van der Waals surface area (Å²) in [6.07, 6.45) is 11.6. The van der Waals surface area contributed by atoms with Gasteiger partial charge in [0, 0.05) is 38.7 Å². The smallest absolute Gasteiger partial charge is 0.249 e. The predicted molar refractivity (Wildman–Crippen MR) is 107 cm³/mol. The van der Waals surface area contributed by atoms with Crippen molar-refractivity contribution in [3.8, 4) is 0 Å². The van der Waals surface area contributed by atoms with E-state index in [9.17, 15) is 4.79 Å². The van der Waals surface area contributed by atoms with E-state index in [1.807, 2.05) is 4.90 Å². The molecule has 0 spiro atoms. The van der Waals surface area contributed by atoms with Gasteiger partial charge in [0.2, 0.25) is 11.8 Å². The summed E-state index contributed by atoms with van der Waals surface area (Å²) in [4.78, 5) is 19.8. The van der Waals surface area contributed by atoms with Gasteiger partial charge in [-0.05, 0) is 50.9 Å². The molecule has 2 saturated heterocycles. The van der Waals surface area contributed by atoms with Crippen molar-refractivity contribution in [2.75, 3.05) is 33.0 Å². The Kier molecular flexibility index (Phi) is 7.55. The second-order valence-corrected chi connectivity index (χ2v) is 8.81. The van der Waals surface area contributed by atoms with Crippen molar-refractivity contribution in [3.05, 3.63) is 11.7 Å². The third-order valence-electron chi connectivity index (χ3n) is 6.67. The van der Waals surface area contributed by atoms with Crippen molar-refractivity contribution in [3.63, 3.8) is 0 Å². The Bertz CT molecular complexity index is 638. The van der Waals surface area contributed by atoms with Gasteiger partial charge in [0.25, 0.3) is 0 Å². The predicted octanol–water partition coefficient (Wildman–Crippen LogP) is 3.69. The van der Waals surface area contributed by atoms with E-state index in [0.29, 0.717) is 36.6 Å². The van der Waals surface area contributed by atoms with Crippen LogP contribution >= 0.6 is 0 Å². The van der Waals surface area contributed by atoms with E-state index in [1.165, 1.54) is 19.3 Å². The van der Waals surface area contributed by atoms with Gasteiger partial charge in [0.05, 0.1) is 6.61 Å². The number of carbonyl (C=O) groups excluding carboxylic acids is 1. The van der Waals surface area contributed by atoms with Crippen molar-refractivity contribution in [2.24, 2.45) is 11.8 Å². The third kappa shape index (κ3) is 5.57. The monoisotopic (exact) mass is 405 g/mol. The summed E-state index contributed by atoms with van der Waals surface area (Å²) < 4.78 is 16.8. The molecule has 1 aromatic heterocycles. The lowest BCUT2D eigenvalue weighted by Crippen LogP contribution is -2.42. The average molecular weight is 406 g/mol. The maximum atomic E-state index is 13.1. The van der Waals surface area contributed by atoms with Gasteiger partial charge in [-0.25, -0.2) is 0 Å². The summed E-state index contributed by atoms with van der Waals surface area (Å²) in [5.41, 5.74) is 0. The Labute approximate surface area is 173 Å². The SMILES string of the molecule is O=C(C1CCCCC1)N1CCCCC1c1nc(CCOCC2CCOCC2)no1. The van der Waals surface area contributed by atoms with Crippen LogP contribution in [0.15, 0.2) is 4.52 Å². The second-order valence-electron chi connectivity index (χ2n) is 8.81. The zero-order valence-corrected chi connectivity index (χ0v) is 17.5. The molecule has 29 heavy (non-hydrogen) atoms. The normalized spacial score (nSPS) is 24.7. The van der Waals surface area contributed by atoms with Crippen LogP contribution in [0.5, 0.6) is 0 Å². The van der Waals surface area contributed by atoms with Crippen LogP contribution in [0.1, 0.15) is 82.0 Å². The highest BCUT2D eigenvalue weighted by molar-refractivity contribution is 5.79. The highest BCUT2D eigenvalue weighted by atomic mass is 16.5. The summed E-state index contributed by atoms with van der Waals surface area (Å²) in [5, 5.41) is 4.16. The van der Waals surface area contributed by atoms with Gasteiger partial charge in [0.1, 0.15) is 6.04 Å². The number of hydrogen-bond donors (Lipinski definition) is 0. The number of rotatable bonds is 7. The molecule has 0 bridgehead atoms. The fraction of sp³-hybridized carbons (Fsp3) is 0.864. The maximum Gasteiger partial charge on any atom is 0.249 e. The van der Waals surface area contributed by atoms with Crippen molar-refractivity contribution in [2.45, 2.75) is 76.7 Å². The molecule has 1 aliphatic carbocycles. The molecule has 0 N–H and O–H groups in total. The fourth-order valence-electron chi connectivity index (χ4n) is 4.87. The van der Waals surface area contributed by atoms with Gasteiger partial charge in [-0.2, -0.15) is 4.98 Å². The Morgan fingerprint density at radius 1 is 1.03 bits per heavy atom. The molecule has 1 amide bonds. The molecule has 1 saturated carbocycles. The van der Waals surface area contributed by atoms with Crippen molar-refractivity contribution in [1.82, 2.24) is 15.0 Å². The first-order valence-electron chi connectivity index (χ1n) is 11.6. The zero-order chi connectivity index (χ0) is 19.9. The first-order chi connectivity index (χ1) is 14.3. The molecule has 0 radical (unpaired) electrons. The first-order valence-corrected chi connectivity index (χ1v) is 11.6. The van der Waals surface area contributed by atoms with Crippen LogP contribution in [0, 0.1) is 11.8 Å². The van der Waals surface area contributed by atoms with Crippen molar-refractivity contribution >= 4 is 5.91 Å². The Hall–Kier alpha value is -1.47. The summed E-state index contributed by atoms with van der Waals surface area (Å²) in [7, 11) is 0. The van der Waals surface area contributed by atoms with Crippen molar-refractivity contribution in [1.29, 1.82) is 0 Å². The molecule has 1 aromatic rings. The molecular weight excluding hydrogens is 370 g/mol. The van der Waals surface area contributed by atoms with E-state index in [0.717, 1.165) is 71.3 Å². The Balaban J connectivity index is 1.28. The molecule has 7 nitrogen and oxygen atoms in total. The van der Waals surface area contributed by atoms with E-state index < -0.39 is 0 Å². The maximum absolute atomic E-state index is 13.1. The molecule has 2 aliphatic heterocycles. The van der Waals surface area contributed by atoms with Crippen LogP contribution < -0.4 is 0 Å². The summed E-state index contributed by atoms with van der Waals surface area (Å²) in [6.45, 7) is 3.89. The van der Waals surface area contributed by atoms with E-state index in [4.69, 9.17) is 14.0 Å². The highest BCUT2D eigenvalue weighted by Crippen LogP contribution is 2.34. The lowest BCUT2D eigenvalue weighted by Gasteiger charge is -2.36. The largest absolute Gasteiger partial charge is 0.381 e. The van der Waals surface area contributed by atoms with Gasteiger partial charge in [-0.15, -0.1) is 0 Å². The highest BCUT2D eigenvalue weighted by Gasteiger charge is 2.35. The lowest BCUT2D eigenvalue weighted by atomic mass is 9.87. The minimum Gasteiger partial charge on any atom is -0.381 e. The zero-order valence-electron chi connectivity index (χ0n) is 17.5. The number of hydrogen-bond acceptors (Lipinski definition) is 6.